The molecule has 1 unspecified atom stereocenters. The van der Waals surface area contributed by atoms with Crippen LogP contribution in [0.3, 0.4) is 0 Å². The van der Waals surface area contributed by atoms with Gasteiger partial charge in [0.15, 0.2) is 0 Å². The summed E-state index contributed by atoms with van der Waals surface area (Å²) in [6, 6.07) is 0. The maximum Gasteiger partial charge on any atom is 0.202 e. The molecule has 3 saturated carbocycles. The second-order valence-corrected chi connectivity index (χ2v) is 12.5. The molecule has 3 heteroatoms. The van der Waals surface area contributed by atoms with Crippen molar-refractivity contribution >= 4 is 0 Å². The van der Waals surface area contributed by atoms with Crippen molar-refractivity contribution in [1.82, 2.24) is 0 Å². The number of aliphatic hydroxyl groups is 1. The second-order valence-electron chi connectivity index (χ2n) is 12.5. The van der Waals surface area contributed by atoms with Crippen molar-refractivity contribution in [3.8, 4) is 0 Å². The van der Waals surface area contributed by atoms with Crippen LogP contribution in [-0.4, -0.2) is 16.2 Å². The van der Waals surface area contributed by atoms with Crippen LogP contribution < -0.4 is 0 Å². The maximum absolute atomic E-state index is 10.5. The predicted octanol–water partition coefficient (Wildman–Crippen LogP) is 7.21. The molecule has 0 heterocycles. The summed E-state index contributed by atoms with van der Waals surface area (Å²) < 4.78 is 0. The van der Waals surface area contributed by atoms with Crippen molar-refractivity contribution in [2.75, 3.05) is 0 Å². The lowest BCUT2D eigenvalue weighted by molar-refractivity contribution is -0.399. The topological polar surface area (TPSA) is 49.7 Å². The van der Waals surface area contributed by atoms with Crippen LogP contribution in [0.25, 0.3) is 0 Å². The number of hydrogen-bond donors (Lipinski definition) is 2. The van der Waals surface area contributed by atoms with E-state index in [0.29, 0.717) is 18.3 Å². The van der Waals surface area contributed by atoms with Gasteiger partial charge in [-0.3, -0.25) is 0 Å². The third kappa shape index (κ3) is 3.71. The van der Waals surface area contributed by atoms with Gasteiger partial charge in [0.05, 0.1) is 0 Å². The summed E-state index contributed by atoms with van der Waals surface area (Å²) in [5.41, 5.74) is 2.03. The van der Waals surface area contributed by atoms with E-state index < -0.39 is 5.79 Å². The molecule has 3 fully saturated rings. The number of hydrogen-bond acceptors (Lipinski definition) is 3. The largest absolute Gasteiger partial charge is 0.363 e. The van der Waals surface area contributed by atoms with Gasteiger partial charge in [-0.2, -0.15) is 0 Å². The van der Waals surface area contributed by atoms with E-state index in [1.54, 1.807) is 0 Å². The molecule has 0 amide bonds. The fraction of sp³-hybridized carbons (Fsp3) is 0.926. The van der Waals surface area contributed by atoms with Gasteiger partial charge in [-0.15, -0.1) is 0 Å². The first kappa shape index (κ1) is 22.8. The Morgan fingerprint density at radius 3 is 2.50 bits per heavy atom. The zero-order valence-electron chi connectivity index (χ0n) is 20.1. The molecule has 4 rings (SSSR count). The number of fused-ring (bicyclic) bond motifs is 5. The first-order chi connectivity index (χ1) is 14.1. The fourth-order valence-electron chi connectivity index (χ4n) is 8.72. The molecule has 4 aliphatic carbocycles. The lowest BCUT2D eigenvalue weighted by Crippen LogP contribution is -2.52. The summed E-state index contributed by atoms with van der Waals surface area (Å²) >= 11 is 0. The Hall–Kier alpha value is -0.380. The summed E-state index contributed by atoms with van der Waals surface area (Å²) in [5, 5.41) is 19.7. The van der Waals surface area contributed by atoms with Gasteiger partial charge in [-0.05, 0) is 84.9 Å². The average Bonchev–Trinajstić information content (AvgIpc) is 3.05. The highest BCUT2D eigenvalue weighted by Gasteiger charge is 2.60. The Morgan fingerprint density at radius 2 is 1.80 bits per heavy atom. The van der Waals surface area contributed by atoms with Gasteiger partial charge in [-0.1, -0.05) is 65.5 Å². The van der Waals surface area contributed by atoms with E-state index >= 15 is 0 Å². The van der Waals surface area contributed by atoms with Crippen molar-refractivity contribution in [1.29, 1.82) is 0 Å². The van der Waals surface area contributed by atoms with Crippen LogP contribution in [0.2, 0.25) is 0 Å². The van der Waals surface area contributed by atoms with Gasteiger partial charge >= 0.3 is 0 Å². The van der Waals surface area contributed by atoms with Crippen molar-refractivity contribution < 1.29 is 15.3 Å². The Labute approximate surface area is 184 Å². The summed E-state index contributed by atoms with van der Waals surface area (Å²) in [6.45, 7) is 12.3. The molecule has 172 valence electrons. The molecule has 4 aliphatic rings. The molecule has 0 spiro atoms. The van der Waals surface area contributed by atoms with E-state index in [-0.39, 0.29) is 5.41 Å². The van der Waals surface area contributed by atoms with Crippen molar-refractivity contribution in [2.24, 2.45) is 46.3 Å². The molecule has 0 aromatic heterocycles. The minimum absolute atomic E-state index is 0.177. The van der Waals surface area contributed by atoms with E-state index in [2.05, 4.69) is 45.6 Å². The first-order valence-corrected chi connectivity index (χ1v) is 12.9. The van der Waals surface area contributed by atoms with E-state index in [9.17, 15) is 10.4 Å². The molecule has 0 aromatic carbocycles. The van der Waals surface area contributed by atoms with Crippen molar-refractivity contribution in [2.45, 2.75) is 111 Å². The minimum Gasteiger partial charge on any atom is -0.363 e. The zero-order valence-corrected chi connectivity index (χ0v) is 20.1. The number of rotatable bonds is 6. The highest BCUT2D eigenvalue weighted by molar-refractivity contribution is 5.26. The molecule has 2 N–H and O–H groups in total. The van der Waals surface area contributed by atoms with Crippen LogP contribution in [0.4, 0.5) is 0 Å². The van der Waals surface area contributed by atoms with Gasteiger partial charge in [0.1, 0.15) is 0 Å². The Kier molecular flexibility index (Phi) is 6.23. The van der Waals surface area contributed by atoms with E-state index in [4.69, 9.17) is 0 Å². The van der Waals surface area contributed by atoms with Gasteiger partial charge in [0.2, 0.25) is 5.79 Å². The molecule has 8 atom stereocenters. The molecule has 30 heavy (non-hydrogen) atoms. The van der Waals surface area contributed by atoms with Gasteiger partial charge in [0.25, 0.3) is 0 Å². The number of allylic oxidation sites excluding steroid dienone is 1. The quantitative estimate of drug-likeness (QED) is 0.207. The van der Waals surface area contributed by atoms with E-state index in [1.165, 1.54) is 50.5 Å². The van der Waals surface area contributed by atoms with Crippen LogP contribution in [0.15, 0.2) is 11.6 Å². The highest BCUT2D eigenvalue weighted by Crippen LogP contribution is 2.67. The van der Waals surface area contributed by atoms with Crippen LogP contribution in [0.5, 0.6) is 0 Å². The zero-order chi connectivity index (χ0) is 21.7. The monoisotopic (exact) mass is 418 g/mol. The van der Waals surface area contributed by atoms with Crippen LogP contribution in [0.1, 0.15) is 105 Å². The van der Waals surface area contributed by atoms with Crippen LogP contribution >= 0.6 is 0 Å². The lowest BCUT2D eigenvalue weighted by Gasteiger charge is -2.59. The Balaban J connectivity index is 1.50. The molecule has 3 nitrogen and oxygen atoms in total. The van der Waals surface area contributed by atoms with Crippen molar-refractivity contribution in [3.63, 3.8) is 0 Å². The fourth-order valence-corrected chi connectivity index (χ4v) is 8.72. The molecular formula is C27H46O3. The molecule has 0 bridgehead atoms. The standard InChI is InChI=1S/C27H46O3/c1-18(2)7-6-8-19(3)22-11-12-23-21-10-9-20-17-27(28,30-29)16-15-25(20,4)24(21)13-14-26(22,23)5/h9,18-19,21-24,28-29H,6-8,10-17H2,1-5H3/t19-,21+,22-,23+,24+,25+,26-,27?/m1/s1. The van der Waals surface area contributed by atoms with Crippen molar-refractivity contribution in [3.05, 3.63) is 11.6 Å². The molecule has 0 aromatic rings. The lowest BCUT2D eigenvalue weighted by atomic mass is 9.46. The van der Waals surface area contributed by atoms with Crippen LogP contribution in [0, 0.1) is 46.3 Å². The molecule has 0 radical (unpaired) electrons. The average molecular weight is 419 g/mol. The van der Waals surface area contributed by atoms with Crippen LogP contribution in [-0.2, 0) is 4.89 Å². The first-order valence-electron chi connectivity index (χ1n) is 12.9. The SMILES string of the molecule is CC(C)CCC[C@@H](C)[C@H]1CC[C@H]2[C@@H]3CC=C4CC(O)(OO)CC[C@]4(C)[C@H]3CC[C@]12C. The predicted molar refractivity (Wildman–Crippen MR) is 122 cm³/mol. The summed E-state index contributed by atoms with van der Waals surface area (Å²) in [5.74, 6) is 3.59. The smallest absolute Gasteiger partial charge is 0.202 e. The minimum atomic E-state index is -1.37. The van der Waals surface area contributed by atoms with E-state index in [0.717, 1.165) is 48.3 Å². The van der Waals surface area contributed by atoms with Gasteiger partial charge in [-0.25, -0.2) is 10.1 Å². The molecule has 0 saturated heterocycles. The Bertz CT molecular complexity index is 656. The van der Waals surface area contributed by atoms with E-state index in [1.807, 2.05) is 0 Å². The summed E-state index contributed by atoms with van der Waals surface area (Å²) in [4.78, 5) is 4.50. The second kappa shape index (κ2) is 8.19. The van der Waals surface area contributed by atoms with Gasteiger partial charge < -0.3 is 5.11 Å². The normalized spacial score (nSPS) is 46.7. The van der Waals surface area contributed by atoms with Gasteiger partial charge in [0, 0.05) is 12.8 Å². The third-order valence-corrected chi connectivity index (χ3v) is 10.5. The third-order valence-electron chi connectivity index (χ3n) is 10.5. The maximum atomic E-state index is 10.5. The Morgan fingerprint density at radius 1 is 1.03 bits per heavy atom. The summed E-state index contributed by atoms with van der Waals surface area (Å²) in [7, 11) is 0. The molecule has 0 aliphatic heterocycles. The summed E-state index contributed by atoms with van der Waals surface area (Å²) in [6.07, 6.45) is 15.2. The highest BCUT2D eigenvalue weighted by atomic mass is 17.1. The molecular weight excluding hydrogens is 372 g/mol.